The lowest BCUT2D eigenvalue weighted by molar-refractivity contribution is -0.141. The Kier molecular flexibility index (Phi) is 7.91. The fourth-order valence-corrected chi connectivity index (χ4v) is 1.80. The van der Waals surface area contributed by atoms with Crippen molar-refractivity contribution in [2.24, 2.45) is 0 Å². The van der Waals surface area contributed by atoms with E-state index in [1.165, 1.54) is 7.11 Å². The Hall–Kier alpha value is -0.810. The summed E-state index contributed by atoms with van der Waals surface area (Å²) in [5, 5.41) is 5.98. The van der Waals surface area contributed by atoms with E-state index in [-0.39, 0.29) is 42.8 Å². The van der Waals surface area contributed by atoms with E-state index in [0.717, 1.165) is 25.8 Å². The largest absolute Gasteiger partial charge is 0.469 e. The van der Waals surface area contributed by atoms with E-state index in [1.54, 1.807) is 6.92 Å². The third kappa shape index (κ3) is 5.89. The summed E-state index contributed by atoms with van der Waals surface area (Å²) in [5.41, 5.74) is 0. The van der Waals surface area contributed by atoms with Crippen LogP contribution in [0.5, 0.6) is 0 Å². The minimum absolute atomic E-state index is 0. The van der Waals surface area contributed by atoms with E-state index < -0.39 is 0 Å². The van der Waals surface area contributed by atoms with Crippen molar-refractivity contribution in [2.75, 3.05) is 13.7 Å². The summed E-state index contributed by atoms with van der Waals surface area (Å²) < 4.78 is 4.54. The van der Waals surface area contributed by atoms with Crippen LogP contribution in [0.2, 0.25) is 0 Å². The highest BCUT2D eigenvalue weighted by Gasteiger charge is 2.22. The number of rotatable bonds is 4. The molecule has 1 fully saturated rings. The molecule has 5 nitrogen and oxygen atoms in total. The van der Waals surface area contributed by atoms with E-state index in [4.69, 9.17) is 0 Å². The lowest BCUT2D eigenvalue weighted by atomic mass is 10.0. The van der Waals surface area contributed by atoms with Crippen molar-refractivity contribution in [3.05, 3.63) is 0 Å². The smallest absolute Gasteiger partial charge is 0.307 e. The van der Waals surface area contributed by atoms with Gasteiger partial charge in [-0.1, -0.05) is 6.42 Å². The molecule has 100 valence electrons. The highest BCUT2D eigenvalue weighted by Crippen LogP contribution is 2.07. The van der Waals surface area contributed by atoms with Crippen LogP contribution in [0.3, 0.4) is 0 Å². The molecular weight excluding hydrogens is 244 g/mol. The number of halogens is 1. The molecule has 0 aromatic rings. The summed E-state index contributed by atoms with van der Waals surface area (Å²) in [4.78, 5) is 22.7. The molecular formula is C11H21ClN2O3. The molecule has 0 spiro atoms. The van der Waals surface area contributed by atoms with Crippen molar-refractivity contribution in [1.82, 2.24) is 10.6 Å². The van der Waals surface area contributed by atoms with E-state index in [9.17, 15) is 9.59 Å². The van der Waals surface area contributed by atoms with Gasteiger partial charge in [0.2, 0.25) is 5.91 Å². The third-order valence-corrected chi connectivity index (χ3v) is 2.72. The zero-order valence-corrected chi connectivity index (χ0v) is 11.1. The number of esters is 1. The van der Waals surface area contributed by atoms with Gasteiger partial charge in [-0.2, -0.15) is 0 Å². The fourth-order valence-electron chi connectivity index (χ4n) is 1.80. The van der Waals surface area contributed by atoms with Crippen LogP contribution in [-0.2, 0) is 14.3 Å². The maximum atomic E-state index is 11.8. The lowest BCUT2D eigenvalue weighted by Gasteiger charge is -2.24. The molecule has 0 aromatic carbocycles. The minimum Gasteiger partial charge on any atom is -0.469 e. The van der Waals surface area contributed by atoms with E-state index in [2.05, 4.69) is 15.4 Å². The molecule has 1 unspecified atom stereocenters. The molecule has 0 bridgehead atoms. The maximum Gasteiger partial charge on any atom is 0.307 e. The van der Waals surface area contributed by atoms with Crippen LogP contribution in [0.4, 0.5) is 0 Å². The Bertz CT molecular complexity index is 255. The first-order valence-electron chi connectivity index (χ1n) is 5.74. The number of nitrogens with one attached hydrogen (secondary N) is 2. The fraction of sp³-hybridized carbons (Fsp3) is 0.818. The molecule has 1 aliphatic rings. The number of methoxy groups -OCH3 is 1. The van der Waals surface area contributed by atoms with Crippen LogP contribution >= 0.6 is 12.4 Å². The van der Waals surface area contributed by atoms with Crippen molar-refractivity contribution in [2.45, 2.75) is 44.7 Å². The van der Waals surface area contributed by atoms with Crippen LogP contribution in [0.25, 0.3) is 0 Å². The Labute approximate surface area is 108 Å². The quantitative estimate of drug-likeness (QED) is 0.731. The summed E-state index contributed by atoms with van der Waals surface area (Å²) in [6.07, 6.45) is 3.30. The molecule has 6 heteroatoms. The maximum absolute atomic E-state index is 11.8. The predicted octanol–water partition coefficient (Wildman–Crippen LogP) is 0.618. The second kappa shape index (κ2) is 8.31. The zero-order chi connectivity index (χ0) is 12.0. The third-order valence-electron chi connectivity index (χ3n) is 2.72. The monoisotopic (exact) mass is 264 g/mol. The summed E-state index contributed by atoms with van der Waals surface area (Å²) in [6.45, 7) is 2.70. The number of hydrogen-bond acceptors (Lipinski definition) is 4. The topological polar surface area (TPSA) is 67.4 Å². The predicted molar refractivity (Wildman–Crippen MR) is 67.1 cm³/mol. The van der Waals surface area contributed by atoms with Gasteiger partial charge in [0.1, 0.15) is 0 Å². The number of carbonyl (C=O) groups excluding carboxylic acids is 2. The summed E-state index contributed by atoms with van der Waals surface area (Å²) in [5.74, 6) is -0.319. The second-order valence-electron chi connectivity index (χ2n) is 4.19. The van der Waals surface area contributed by atoms with Gasteiger partial charge >= 0.3 is 5.97 Å². The van der Waals surface area contributed by atoms with Crippen molar-refractivity contribution >= 4 is 24.3 Å². The lowest BCUT2D eigenvalue weighted by Crippen LogP contribution is -2.49. The molecule has 1 rings (SSSR count). The molecule has 2 N–H and O–H groups in total. The molecule has 0 radical (unpaired) electrons. The van der Waals surface area contributed by atoms with Crippen LogP contribution in [0.1, 0.15) is 32.6 Å². The van der Waals surface area contributed by atoms with E-state index >= 15 is 0 Å². The minimum atomic E-state index is -0.301. The average molecular weight is 265 g/mol. The number of hydrogen-bond donors (Lipinski definition) is 2. The van der Waals surface area contributed by atoms with Crippen LogP contribution in [-0.4, -0.2) is 37.6 Å². The molecule has 0 aliphatic carbocycles. The molecule has 1 amide bonds. The van der Waals surface area contributed by atoms with Crippen molar-refractivity contribution < 1.29 is 14.3 Å². The Morgan fingerprint density at radius 3 is 2.71 bits per heavy atom. The highest BCUT2D eigenvalue weighted by atomic mass is 35.5. The normalized spacial score (nSPS) is 20.9. The second-order valence-corrected chi connectivity index (χ2v) is 4.19. The zero-order valence-electron chi connectivity index (χ0n) is 10.3. The number of piperidine rings is 1. The van der Waals surface area contributed by atoms with Gasteiger partial charge in [-0.25, -0.2) is 0 Å². The van der Waals surface area contributed by atoms with Gasteiger partial charge in [-0.15, -0.1) is 12.4 Å². The first-order chi connectivity index (χ1) is 7.63. The molecule has 1 aliphatic heterocycles. The first-order valence-corrected chi connectivity index (χ1v) is 5.74. The molecule has 17 heavy (non-hydrogen) atoms. The Balaban J connectivity index is 0.00000256. The van der Waals surface area contributed by atoms with E-state index in [1.807, 2.05) is 0 Å². The SMILES string of the molecule is COC(=O)CC(C)NC(=O)[C@H]1CCCCN1.Cl. The standard InChI is InChI=1S/C11H20N2O3.ClH/c1-8(7-10(14)16-2)13-11(15)9-5-3-4-6-12-9;/h8-9,12H,3-7H2,1-2H3,(H,13,15);1H/t8?,9-;/m1./s1. The van der Waals surface area contributed by atoms with E-state index in [0.29, 0.717) is 0 Å². The van der Waals surface area contributed by atoms with Gasteiger partial charge in [0.15, 0.2) is 0 Å². The van der Waals surface area contributed by atoms with Crippen molar-refractivity contribution in [3.63, 3.8) is 0 Å². The van der Waals surface area contributed by atoms with Gasteiger partial charge in [0.25, 0.3) is 0 Å². The average Bonchev–Trinajstić information content (AvgIpc) is 2.29. The molecule has 0 aromatic heterocycles. The molecule has 1 saturated heterocycles. The summed E-state index contributed by atoms with van der Waals surface area (Å²) in [7, 11) is 1.35. The highest BCUT2D eigenvalue weighted by molar-refractivity contribution is 5.85. The van der Waals surface area contributed by atoms with Gasteiger partial charge in [0, 0.05) is 6.04 Å². The van der Waals surface area contributed by atoms with Crippen LogP contribution in [0, 0.1) is 0 Å². The van der Waals surface area contributed by atoms with Crippen molar-refractivity contribution in [1.29, 1.82) is 0 Å². The van der Waals surface area contributed by atoms with Gasteiger partial charge in [0.05, 0.1) is 19.6 Å². The van der Waals surface area contributed by atoms with Crippen LogP contribution < -0.4 is 10.6 Å². The van der Waals surface area contributed by atoms with Crippen molar-refractivity contribution in [3.8, 4) is 0 Å². The Morgan fingerprint density at radius 1 is 1.47 bits per heavy atom. The molecule has 0 saturated carbocycles. The molecule has 2 atom stereocenters. The number of ether oxygens (including phenoxy) is 1. The van der Waals surface area contributed by atoms with Gasteiger partial charge in [-0.3, -0.25) is 9.59 Å². The molecule has 1 heterocycles. The van der Waals surface area contributed by atoms with Gasteiger partial charge < -0.3 is 15.4 Å². The summed E-state index contributed by atoms with van der Waals surface area (Å²) in [6, 6.07) is -0.280. The number of amides is 1. The summed E-state index contributed by atoms with van der Waals surface area (Å²) >= 11 is 0. The van der Waals surface area contributed by atoms with Crippen LogP contribution in [0.15, 0.2) is 0 Å². The van der Waals surface area contributed by atoms with Gasteiger partial charge in [-0.05, 0) is 26.3 Å². The first kappa shape index (κ1) is 16.2. The Morgan fingerprint density at radius 2 is 2.18 bits per heavy atom. The number of carbonyl (C=O) groups is 2.